The van der Waals surface area contributed by atoms with Crippen molar-refractivity contribution in [3.05, 3.63) is 35.4 Å². The molecule has 0 spiro atoms. The highest BCUT2D eigenvalue weighted by atomic mass is 16.7. The number of nitrogens with zero attached hydrogens (tertiary/aromatic N) is 2. The summed E-state index contributed by atoms with van der Waals surface area (Å²) in [7, 11) is 4.68. The molecule has 0 saturated carbocycles. The molecule has 0 aromatic heterocycles. The Hall–Kier alpha value is -3.42. The Morgan fingerprint density at radius 2 is 1.61 bits per heavy atom. The van der Waals surface area contributed by atoms with Gasteiger partial charge in [-0.25, -0.2) is 0 Å². The van der Waals surface area contributed by atoms with Crippen molar-refractivity contribution in [2.45, 2.75) is 20.8 Å². The average molecular weight is 428 g/mol. The third-order valence-electron chi connectivity index (χ3n) is 5.15. The van der Waals surface area contributed by atoms with Crippen LogP contribution in [0.3, 0.4) is 0 Å². The molecule has 0 aliphatic carbocycles. The van der Waals surface area contributed by atoms with Crippen LogP contribution in [0.4, 0.5) is 5.69 Å². The van der Waals surface area contributed by atoms with Gasteiger partial charge in [0.2, 0.25) is 12.5 Å². The van der Waals surface area contributed by atoms with E-state index in [1.807, 2.05) is 26.8 Å². The number of amides is 1. The Morgan fingerprint density at radius 1 is 0.968 bits per heavy atom. The van der Waals surface area contributed by atoms with Gasteiger partial charge in [-0.3, -0.25) is 9.79 Å². The van der Waals surface area contributed by atoms with Gasteiger partial charge in [0.15, 0.2) is 23.0 Å². The molecule has 1 aliphatic heterocycles. The highest BCUT2D eigenvalue weighted by Crippen LogP contribution is 2.42. The van der Waals surface area contributed by atoms with Crippen LogP contribution in [0.25, 0.3) is 0 Å². The van der Waals surface area contributed by atoms with E-state index in [0.29, 0.717) is 58.8 Å². The number of aliphatic imine (C=N–C) groups is 1. The van der Waals surface area contributed by atoms with Crippen molar-refractivity contribution in [1.82, 2.24) is 4.90 Å². The minimum atomic E-state index is -0.117. The van der Waals surface area contributed by atoms with Crippen LogP contribution >= 0.6 is 0 Å². The van der Waals surface area contributed by atoms with Gasteiger partial charge in [0.05, 0.1) is 32.6 Å². The van der Waals surface area contributed by atoms with Crippen molar-refractivity contribution in [2.24, 2.45) is 4.99 Å². The highest BCUT2D eigenvalue weighted by molar-refractivity contribution is 6.06. The first-order valence-electron chi connectivity index (χ1n) is 10.1. The summed E-state index contributed by atoms with van der Waals surface area (Å²) in [5, 5.41) is 0. The first-order chi connectivity index (χ1) is 15.0. The molecular weight excluding hydrogens is 400 g/mol. The van der Waals surface area contributed by atoms with E-state index < -0.39 is 0 Å². The molecule has 2 aromatic carbocycles. The molecule has 0 atom stereocenters. The fourth-order valence-corrected chi connectivity index (χ4v) is 3.50. The second-order valence-corrected chi connectivity index (χ2v) is 6.78. The lowest BCUT2D eigenvalue weighted by atomic mass is 10.1. The molecule has 1 heterocycles. The smallest absolute Gasteiger partial charge is 0.256 e. The van der Waals surface area contributed by atoms with Crippen molar-refractivity contribution < 1.29 is 28.5 Å². The number of hydrogen-bond donors (Lipinski definition) is 0. The van der Waals surface area contributed by atoms with Gasteiger partial charge in [-0.2, -0.15) is 0 Å². The predicted molar refractivity (Wildman–Crippen MR) is 118 cm³/mol. The number of rotatable bonds is 8. The van der Waals surface area contributed by atoms with Crippen LogP contribution in [0.1, 0.15) is 36.7 Å². The molecule has 0 saturated heterocycles. The van der Waals surface area contributed by atoms with E-state index in [0.717, 1.165) is 5.56 Å². The third-order valence-corrected chi connectivity index (χ3v) is 5.15. The second-order valence-electron chi connectivity index (χ2n) is 6.78. The van der Waals surface area contributed by atoms with Crippen LogP contribution < -0.4 is 23.7 Å². The van der Waals surface area contributed by atoms with Crippen LogP contribution in [0.15, 0.2) is 29.3 Å². The maximum atomic E-state index is 13.2. The van der Waals surface area contributed by atoms with Gasteiger partial charge in [0.25, 0.3) is 5.91 Å². The second kappa shape index (κ2) is 9.59. The maximum absolute atomic E-state index is 13.2. The van der Waals surface area contributed by atoms with Crippen molar-refractivity contribution in [3.63, 3.8) is 0 Å². The first kappa shape index (κ1) is 22.3. The molecule has 166 valence electrons. The van der Waals surface area contributed by atoms with Gasteiger partial charge in [-0.05, 0) is 39.0 Å². The summed E-state index contributed by atoms with van der Waals surface area (Å²) in [4.78, 5) is 19.7. The molecule has 3 rings (SSSR count). The molecule has 31 heavy (non-hydrogen) atoms. The molecular formula is C23H28N2O6. The van der Waals surface area contributed by atoms with Gasteiger partial charge in [-0.1, -0.05) is 0 Å². The van der Waals surface area contributed by atoms with Crippen molar-refractivity contribution in [3.8, 4) is 28.7 Å². The molecule has 0 unspecified atom stereocenters. The van der Waals surface area contributed by atoms with E-state index in [2.05, 4.69) is 0 Å². The summed E-state index contributed by atoms with van der Waals surface area (Å²) >= 11 is 0. The minimum Gasteiger partial charge on any atom is -0.493 e. The summed E-state index contributed by atoms with van der Waals surface area (Å²) in [6.07, 6.45) is 0. The minimum absolute atomic E-state index is 0.115. The number of ether oxygens (including phenoxy) is 5. The molecule has 1 amide bonds. The summed E-state index contributed by atoms with van der Waals surface area (Å²) in [5.74, 6) is 2.51. The van der Waals surface area contributed by atoms with Gasteiger partial charge in [0.1, 0.15) is 0 Å². The van der Waals surface area contributed by atoms with Crippen molar-refractivity contribution in [1.29, 1.82) is 0 Å². The number of benzene rings is 2. The van der Waals surface area contributed by atoms with E-state index >= 15 is 0 Å². The molecule has 8 heteroatoms. The molecule has 0 N–H and O–H groups in total. The van der Waals surface area contributed by atoms with E-state index in [1.165, 1.54) is 0 Å². The molecule has 2 aromatic rings. The Balaban J connectivity index is 2.14. The van der Waals surface area contributed by atoms with E-state index in [9.17, 15) is 4.79 Å². The standard InChI is InChI=1S/C23H28N2O6/c1-7-25(8-2)23(26)16-11-19-20(31-13-30-19)12-17(16)24-14(3)15-9-10-18(27-4)22(29-6)21(15)28-5/h9-12H,7-8,13H2,1-6H3. The van der Waals surface area contributed by atoms with Gasteiger partial charge in [-0.15, -0.1) is 0 Å². The lowest BCUT2D eigenvalue weighted by Gasteiger charge is -2.20. The number of carbonyl (C=O) groups excluding carboxylic acids is 1. The monoisotopic (exact) mass is 428 g/mol. The Kier molecular flexibility index (Phi) is 6.89. The zero-order valence-electron chi connectivity index (χ0n) is 18.8. The number of methoxy groups -OCH3 is 3. The lowest BCUT2D eigenvalue weighted by molar-refractivity contribution is 0.0773. The first-order valence-corrected chi connectivity index (χ1v) is 10.1. The highest BCUT2D eigenvalue weighted by Gasteiger charge is 2.24. The predicted octanol–water partition coefficient (Wildman–Crippen LogP) is 4.06. The van der Waals surface area contributed by atoms with Crippen LogP contribution in [0, 0.1) is 0 Å². The van der Waals surface area contributed by atoms with E-state index in [1.54, 1.807) is 44.4 Å². The van der Waals surface area contributed by atoms with E-state index in [-0.39, 0.29) is 12.7 Å². The Labute approximate surface area is 182 Å². The Morgan fingerprint density at radius 3 is 2.19 bits per heavy atom. The average Bonchev–Trinajstić information content (AvgIpc) is 3.25. The van der Waals surface area contributed by atoms with Crippen LogP contribution in [0.2, 0.25) is 0 Å². The summed E-state index contributed by atoms with van der Waals surface area (Å²) < 4.78 is 27.4. The van der Waals surface area contributed by atoms with Gasteiger partial charge in [0, 0.05) is 30.4 Å². The maximum Gasteiger partial charge on any atom is 0.256 e. The fourth-order valence-electron chi connectivity index (χ4n) is 3.50. The zero-order chi connectivity index (χ0) is 22.5. The zero-order valence-corrected chi connectivity index (χ0v) is 18.8. The topological polar surface area (TPSA) is 78.8 Å². The van der Waals surface area contributed by atoms with E-state index in [4.69, 9.17) is 28.7 Å². The van der Waals surface area contributed by atoms with Crippen LogP contribution in [0.5, 0.6) is 28.7 Å². The lowest BCUT2D eigenvalue weighted by Crippen LogP contribution is -2.30. The van der Waals surface area contributed by atoms with Crippen molar-refractivity contribution >= 4 is 17.3 Å². The fraction of sp³-hybridized carbons (Fsp3) is 0.391. The molecule has 0 radical (unpaired) electrons. The van der Waals surface area contributed by atoms with Gasteiger partial charge >= 0.3 is 0 Å². The Bertz CT molecular complexity index is 998. The molecule has 1 aliphatic rings. The third kappa shape index (κ3) is 4.23. The summed E-state index contributed by atoms with van der Waals surface area (Å²) in [6.45, 7) is 7.03. The number of carbonyl (C=O) groups is 1. The van der Waals surface area contributed by atoms with Crippen molar-refractivity contribution in [2.75, 3.05) is 41.2 Å². The SMILES string of the molecule is CCN(CC)C(=O)c1cc2c(cc1N=C(C)c1ccc(OC)c(OC)c1OC)OCO2. The normalized spacial score (nSPS) is 12.5. The summed E-state index contributed by atoms with van der Waals surface area (Å²) in [5.41, 5.74) is 2.31. The largest absolute Gasteiger partial charge is 0.493 e. The molecule has 0 fully saturated rings. The quantitative estimate of drug-likeness (QED) is 0.590. The van der Waals surface area contributed by atoms with Crippen LogP contribution in [-0.4, -0.2) is 57.7 Å². The number of fused-ring (bicyclic) bond motifs is 1. The molecule has 8 nitrogen and oxygen atoms in total. The number of hydrogen-bond acceptors (Lipinski definition) is 7. The van der Waals surface area contributed by atoms with Gasteiger partial charge < -0.3 is 28.6 Å². The molecule has 0 bridgehead atoms. The summed E-state index contributed by atoms with van der Waals surface area (Å²) in [6, 6.07) is 7.06. The van der Waals surface area contributed by atoms with Crippen LogP contribution in [-0.2, 0) is 0 Å².